The van der Waals surface area contributed by atoms with Gasteiger partial charge in [0.15, 0.2) is 5.82 Å². The van der Waals surface area contributed by atoms with Gasteiger partial charge in [0.1, 0.15) is 0 Å². The number of carbonyl (C=O) groups is 2. The van der Waals surface area contributed by atoms with E-state index in [1.54, 1.807) is 0 Å². The first-order chi connectivity index (χ1) is 12.7. The zero-order valence-electron chi connectivity index (χ0n) is 13.7. The van der Waals surface area contributed by atoms with Crippen LogP contribution in [0.4, 0.5) is 15.8 Å². The highest BCUT2D eigenvalue weighted by Crippen LogP contribution is 2.28. The Morgan fingerprint density at radius 3 is 2.48 bits per heavy atom. The van der Waals surface area contributed by atoms with Gasteiger partial charge in [0, 0.05) is 18.7 Å². The molecule has 2 N–H and O–H groups in total. The first-order valence-corrected chi connectivity index (χ1v) is 9.65. The molecule has 2 aromatic carbocycles. The molecule has 0 unspecified atom stereocenters. The Hall–Kier alpha value is -2.65. The fourth-order valence-electron chi connectivity index (χ4n) is 2.71. The summed E-state index contributed by atoms with van der Waals surface area (Å²) in [6, 6.07) is 9.23. The summed E-state index contributed by atoms with van der Waals surface area (Å²) in [6.45, 7) is 0.0201. The normalized spacial score (nSPS) is 17.2. The van der Waals surface area contributed by atoms with Gasteiger partial charge in [0.2, 0.25) is 5.91 Å². The molecule has 1 amide bonds. The molecule has 0 radical (unpaired) electrons. The second kappa shape index (κ2) is 7.16. The molecule has 1 fully saturated rings. The summed E-state index contributed by atoms with van der Waals surface area (Å²) in [5, 5.41) is 8.81. The van der Waals surface area contributed by atoms with Crippen molar-refractivity contribution in [3.8, 4) is 0 Å². The summed E-state index contributed by atoms with van der Waals surface area (Å²) in [7, 11) is -4.08. The van der Waals surface area contributed by atoms with Crippen molar-refractivity contribution in [3.05, 3.63) is 53.3 Å². The molecule has 0 aliphatic carbocycles. The summed E-state index contributed by atoms with van der Waals surface area (Å²) in [4.78, 5) is 24.1. The predicted molar refractivity (Wildman–Crippen MR) is 96.8 cm³/mol. The molecule has 2 aromatic rings. The minimum Gasteiger partial charge on any atom is -0.481 e. The van der Waals surface area contributed by atoms with Crippen molar-refractivity contribution >= 4 is 44.9 Å². The first kappa shape index (κ1) is 19.1. The molecule has 1 atom stereocenters. The van der Waals surface area contributed by atoms with Crippen LogP contribution in [0.3, 0.4) is 0 Å². The van der Waals surface area contributed by atoms with Gasteiger partial charge in [-0.05, 0) is 36.4 Å². The van der Waals surface area contributed by atoms with Crippen LogP contribution in [0.15, 0.2) is 47.4 Å². The summed E-state index contributed by atoms with van der Waals surface area (Å²) < 4.78 is 40.9. The third kappa shape index (κ3) is 3.88. The lowest BCUT2D eigenvalue weighted by molar-refractivity contribution is -0.141. The van der Waals surface area contributed by atoms with Crippen molar-refractivity contribution in [2.75, 3.05) is 16.2 Å². The van der Waals surface area contributed by atoms with Crippen LogP contribution in [-0.2, 0) is 19.6 Å². The third-order valence-electron chi connectivity index (χ3n) is 4.13. The van der Waals surface area contributed by atoms with Crippen molar-refractivity contribution in [2.45, 2.75) is 11.3 Å². The van der Waals surface area contributed by atoms with Crippen LogP contribution in [0.25, 0.3) is 0 Å². The summed E-state index contributed by atoms with van der Waals surface area (Å²) in [6.07, 6.45) is -0.106. The number of benzene rings is 2. The van der Waals surface area contributed by atoms with E-state index in [1.165, 1.54) is 47.4 Å². The Kier molecular flexibility index (Phi) is 5.07. The van der Waals surface area contributed by atoms with E-state index in [0.29, 0.717) is 5.69 Å². The monoisotopic (exact) mass is 412 g/mol. The molecule has 0 bridgehead atoms. The Balaban J connectivity index is 1.81. The minimum absolute atomic E-state index is 0.0201. The Morgan fingerprint density at radius 1 is 1.22 bits per heavy atom. The highest BCUT2D eigenvalue weighted by molar-refractivity contribution is 7.92. The number of nitrogens with one attached hydrogen (secondary N) is 1. The summed E-state index contributed by atoms with van der Waals surface area (Å²) >= 11 is 5.64. The van der Waals surface area contributed by atoms with Gasteiger partial charge in [0.25, 0.3) is 10.0 Å². The van der Waals surface area contributed by atoms with Gasteiger partial charge in [-0.1, -0.05) is 17.7 Å². The van der Waals surface area contributed by atoms with Gasteiger partial charge in [-0.3, -0.25) is 14.3 Å². The molecule has 10 heteroatoms. The Bertz CT molecular complexity index is 1010. The van der Waals surface area contributed by atoms with E-state index in [0.717, 1.165) is 0 Å². The van der Waals surface area contributed by atoms with Crippen LogP contribution >= 0.6 is 11.6 Å². The number of hydrogen-bond donors (Lipinski definition) is 2. The highest BCUT2D eigenvalue weighted by Gasteiger charge is 2.35. The molecule has 1 heterocycles. The van der Waals surface area contributed by atoms with Crippen LogP contribution in [0, 0.1) is 11.7 Å². The third-order valence-corrected chi connectivity index (χ3v) is 5.80. The van der Waals surface area contributed by atoms with Crippen molar-refractivity contribution in [1.82, 2.24) is 0 Å². The molecule has 1 aliphatic heterocycles. The quantitative estimate of drug-likeness (QED) is 0.785. The van der Waals surface area contributed by atoms with Crippen LogP contribution in [0.2, 0.25) is 5.02 Å². The first-order valence-electron chi connectivity index (χ1n) is 7.79. The smallest absolute Gasteiger partial charge is 0.308 e. The van der Waals surface area contributed by atoms with Crippen molar-refractivity contribution in [1.29, 1.82) is 0 Å². The number of hydrogen-bond acceptors (Lipinski definition) is 4. The summed E-state index contributed by atoms with van der Waals surface area (Å²) in [5.41, 5.74) is 0.0993. The number of halogens is 2. The molecule has 3 rings (SSSR count). The predicted octanol–water partition coefficient (Wildman–Crippen LogP) is 2.72. The Morgan fingerprint density at radius 2 is 1.89 bits per heavy atom. The molecule has 27 heavy (non-hydrogen) atoms. The lowest BCUT2D eigenvalue weighted by atomic mass is 10.1. The van der Waals surface area contributed by atoms with Gasteiger partial charge in [-0.15, -0.1) is 0 Å². The molecule has 142 valence electrons. The number of nitrogens with zero attached hydrogens (tertiary/aromatic N) is 1. The van der Waals surface area contributed by atoms with Gasteiger partial charge < -0.3 is 10.0 Å². The average molecular weight is 413 g/mol. The number of amides is 1. The van der Waals surface area contributed by atoms with E-state index in [1.807, 2.05) is 0 Å². The van der Waals surface area contributed by atoms with Crippen LogP contribution in [0.1, 0.15) is 6.42 Å². The van der Waals surface area contributed by atoms with Gasteiger partial charge in [-0.25, -0.2) is 12.8 Å². The average Bonchev–Trinajstić information content (AvgIpc) is 3.01. The lowest BCUT2D eigenvalue weighted by Gasteiger charge is -2.17. The Labute approximate surface area is 159 Å². The topological polar surface area (TPSA) is 104 Å². The molecule has 0 aromatic heterocycles. The number of carboxylic acids is 1. The van der Waals surface area contributed by atoms with E-state index in [2.05, 4.69) is 4.72 Å². The van der Waals surface area contributed by atoms with Gasteiger partial charge in [-0.2, -0.15) is 0 Å². The second-order valence-corrected chi connectivity index (χ2v) is 8.03. The number of carbonyl (C=O) groups excluding carboxylic acids is 1. The van der Waals surface area contributed by atoms with Crippen LogP contribution in [0.5, 0.6) is 0 Å². The molecular formula is C17H14ClFN2O5S. The second-order valence-electron chi connectivity index (χ2n) is 5.94. The highest BCUT2D eigenvalue weighted by atomic mass is 35.5. The zero-order valence-corrected chi connectivity index (χ0v) is 15.3. The van der Waals surface area contributed by atoms with E-state index in [9.17, 15) is 22.4 Å². The maximum absolute atomic E-state index is 13.9. The maximum atomic E-state index is 13.9. The number of sulfonamides is 1. The fourth-order valence-corrected chi connectivity index (χ4v) is 3.95. The zero-order chi connectivity index (χ0) is 19.8. The van der Waals surface area contributed by atoms with E-state index < -0.39 is 27.7 Å². The van der Waals surface area contributed by atoms with E-state index >= 15 is 0 Å². The summed E-state index contributed by atoms with van der Waals surface area (Å²) in [5.74, 6) is -3.09. The molecule has 1 saturated heterocycles. The van der Waals surface area contributed by atoms with E-state index in [-0.39, 0.29) is 34.5 Å². The number of aliphatic carboxylic acids is 1. The van der Waals surface area contributed by atoms with Crippen molar-refractivity contribution < 1.29 is 27.5 Å². The molecule has 1 aliphatic rings. The number of anilines is 2. The standard InChI is InChI=1S/C17H14ClFN2O5S/c18-13-2-1-3-14(16(13)19)20-27(25,26)12-6-4-11(5-7-12)21-9-10(17(23)24)8-15(21)22/h1-7,10,20H,8-9H2,(H,23,24)/t10-/m0/s1. The minimum atomic E-state index is -4.08. The van der Waals surface area contributed by atoms with E-state index in [4.69, 9.17) is 16.7 Å². The van der Waals surface area contributed by atoms with Crippen molar-refractivity contribution in [2.24, 2.45) is 5.92 Å². The van der Waals surface area contributed by atoms with Gasteiger partial charge >= 0.3 is 5.97 Å². The van der Waals surface area contributed by atoms with Crippen LogP contribution in [-0.4, -0.2) is 31.9 Å². The van der Waals surface area contributed by atoms with Crippen molar-refractivity contribution in [3.63, 3.8) is 0 Å². The molecule has 0 saturated carbocycles. The molecule has 0 spiro atoms. The molecular weight excluding hydrogens is 399 g/mol. The number of carboxylic acid groups (broad SMARTS) is 1. The maximum Gasteiger partial charge on any atom is 0.308 e. The molecule has 7 nitrogen and oxygen atoms in total. The van der Waals surface area contributed by atoms with Gasteiger partial charge in [0.05, 0.1) is 21.5 Å². The SMILES string of the molecule is O=C(O)[C@H]1CC(=O)N(c2ccc(S(=O)(=O)Nc3cccc(Cl)c3F)cc2)C1. The largest absolute Gasteiger partial charge is 0.481 e. The number of rotatable bonds is 5. The fraction of sp³-hybridized carbons (Fsp3) is 0.176. The van der Waals surface area contributed by atoms with Crippen LogP contribution < -0.4 is 9.62 Å². The lowest BCUT2D eigenvalue weighted by Crippen LogP contribution is -2.25.